The summed E-state index contributed by atoms with van der Waals surface area (Å²) in [6.45, 7) is -0.120. The van der Waals surface area contributed by atoms with Gasteiger partial charge in [-0.15, -0.1) is 0 Å². The number of hydrogen-bond donors (Lipinski definition) is 0. The van der Waals surface area contributed by atoms with E-state index in [0.717, 1.165) is 35.5 Å². The third-order valence-corrected chi connectivity index (χ3v) is 6.96. The number of hydrogen-bond acceptors (Lipinski definition) is 4. The Morgan fingerprint density at radius 1 is 0.892 bits per heavy atom. The molecule has 3 aromatic carbocycles. The standard InChI is InChI=1S/C29H24N4O4/c34-27(19-31(22-15-16-22)29(35)21-10-6-11-23(18-21)33(36)37)32-25-13-5-4-12-24(25)30-17-7-14-26(30)28(32)20-8-2-1-3-9-20/h1-14,17-18,22,28H,15-16,19H2. The molecular formula is C29H24N4O4. The minimum Gasteiger partial charge on any atom is -0.326 e. The smallest absolute Gasteiger partial charge is 0.270 e. The first kappa shape index (κ1) is 22.7. The molecule has 1 aliphatic carbocycles. The van der Waals surface area contributed by atoms with Gasteiger partial charge in [-0.05, 0) is 48.7 Å². The summed E-state index contributed by atoms with van der Waals surface area (Å²) in [6.07, 6.45) is 3.60. The third kappa shape index (κ3) is 4.06. The summed E-state index contributed by atoms with van der Waals surface area (Å²) in [5.74, 6) is -0.580. The molecule has 0 spiro atoms. The van der Waals surface area contributed by atoms with E-state index in [-0.39, 0.29) is 41.7 Å². The van der Waals surface area contributed by atoms with Gasteiger partial charge in [0, 0.05) is 29.9 Å². The predicted octanol–water partition coefficient (Wildman–Crippen LogP) is 5.13. The van der Waals surface area contributed by atoms with Gasteiger partial charge in [0.15, 0.2) is 0 Å². The molecular weight excluding hydrogens is 468 g/mol. The molecule has 8 nitrogen and oxygen atoms in total. The topological polar surface area (TPSA) is 88.7 Å². The molecule has 1 aromatic heterocycles. The molecule has 184 valence electrons. The van der Waals surface area contributed by atoms with Crippen molar-refractivity contribution in [1.82, 2.24) is 9.47 Å². The molecule has 0 bridgehead atoms. The van der Waals surface area contributed by atoms with Crippen molar-refractivity contribution in [3.8, 4) is 5.69 Å². The van der Waals surface area contributed by atoms with Crippen LogP contribution in [0.1, 0.15) is 40.5 Å². The number of carbonyl (C=O) groups excluding carboxylic acids is 2. The maximum absolute atomic E-state index is 14.1. The van der Waals surface area contributed by atoms with E-state index in [9.17, 15) is 19.7 Å². The number of para-hydroxylation sites is 2. The zero-order valence-corrected chi connectivity index (χ0v) is 19.9. The molecule has 0 saturated heterocycles. The van der Waals surface area contributed by atoms with Crippen LogP contribution < -0.4 is 4.90 Å². The summed E-state index contributed by atoms with van der Waals surface area (Å²) >= 11 is 0. The number of non-ortho nitro benzene ring substituents is 1. The number of nitro benzene ring substituents is 1. The molecule has 2 heterocycles. The second-order valence-electron chi connectivity index (χ2n) is 9.34. The van der Waals surface area contributed by atoms with Crippen LogP contribution in [0.25, 0.3) is 5.69 Å². The maximum Gasteiger partial charge on any atom is 0.270 e. The first-order chi connectivity index (χ1) is 18.0. The van der Waals surface area contributed by atoms with Crippen molar-refractivity contribution in [2.45, 2.75) is 24.9 Å². The third-order valence-electron chi connectivity index (χ3n) is 6.96. The van der Waals surface area contributed by atoms with E-state index in [2.05, 4.69) is 4.57 Å². The Balaban J connectivity index is 1.39. The van der Waals surface area contributed by atoms with Gasteiger partial charge in [0.25, 0.3) is 11.6 Å². The highest BCUT2D eigenvalue weighted by Gasteiger charge is 2.40. The Bertz CT molecular complexity index is 1510. The van der Waals surface area contributed by atoms with Crippen LogP contribution in [0.3, 0.4) is 0 Å². The van der Waals surface area contributed by atoms with Crippen LogP contribution in [0.2, 0.25) is 0 Å². The number of anilines is 1. The highest BCUT2D eigenvalue weighted by Crippen LogP contribution is 2.42. The Hall–Kier alpha value is -4.72. The molecule has 37 heavy (non-hydrogen) atoms. The normalized spacial score (nSPS) is 16.0. The van der Waals surface area contributed by atoms with E-state index in [1.165, 1.54) is 18.2 Å². The lowest BCUT2D eigenvalue weighted by atomic mass is 9.97. The van der Waals surface area contributed by atoms with Crippen LogP contribution in [0.5, 0.6) is 0 Å². The van der Waals surface area contributed by atoms with E-state index >= 15 is 0 Å². The number of rotatable bonds is 6. The molecule has 6 rings (SSSR count). The Morgan fingerprint density at radius 2 is 1.62 bits per heavy atom. The minimum atomic E-state index is -0.520. The molecule has 4 aromatic rings. The highest BCUT2D eigenvalue weighted by atomic mass is 16.6. The first-order valence-electron chi connectivity index (χ1n) is 12.2. The van der Waals surface area contributed by atoms with E-state index in [1.807, 2.05) is 72.9 Å². The fourth-order valence-electron chi connectivity index (χ4n) is 5.11. The van der Waals surface area contributed by atoms with Crippen molar-refractivity contribution in [3.63, 3.8) is 0 Å². The van der Waals surface area contributed by atoms with Crippen LogP contribution in [0.15, 0.2) is 97.2 Å². The summed E-state index contributed by atoms with van der Waals surface area (Å²) in [5, 5.41) is 11.3. The summed E-state index contributed by atoms with van der Waals surface area (Å²) in [5.41, 5.74) is 3.65. The summed E-state index contributed by atoms with van der Waals surface area (Å²) < 4.78 is 2.10. The van der Waals surface area contributed by atoms with Crippen molar-refractivity contribution in [2.24, 2.45) is 0 Å². The van der Waals surface area contributed by atoms with E-state index in [4.69, 9.17) is 0 Å². The van der Waals surface area contributed by atoms with Gasteiger partial charge in [-0.1, -0.05) is 48.5 Å². The number of carbonyl (C=O) groups is 2. The molecule has 0 radical (unpaired) electrons. The Kier molecular flexibility index (Phi) is 5.56. The average molecular weight is 493 g/mol. The molecule has 1 atom stereocenters. The molecule has 0 N–H and O–H groups in total. The van der Waals surface area contributed by atoms with Crippen LogP contribution in [0.4, 0.5) is 11.4 Å². The van der Waals surface area contributed by atoms with Gasteiger partial charge >= 0.3 is 0 Å². The zero-order chi connectivity index (χ0) is 25.5. The van der Waals surface area contributed by atoms with E-state index in [0.29, 0.717) is 0 Å². The molecule has 1 aliphatic heterocycles. The van der Waals surface area contributed by atoms with Gasteiger partial charge in [0.05, 0.1) is 22.0 Å². The molecule has 2 aliphatic rings. The van der Waals surface area contributed by atoms with Crippen LogP contribution in [-0.2, 0) is 4.79 Å². The molecule has 1 fully saturated rings. The number of benzene rings is 3. The largest absolute Gasteiger partial charge is 0.326 e. The number of fused-ring (bicyclic) bond motifs is 3. The van der Waals surface area contributed by atoms with Crippen molar-refractivity contribution in [2.75, 3.05) is 11.4 Å². The maximum atomic E-state index is 14.1. The number of nitrogens with zero attached hydrogens (tertiary/aromatic N) is 4. The molecule has 2 amide bonds. The fourth-order valence-corrected chi connectivity index (χ4v) is 5.11. The number of aromatic nitrogens is 1. The molecule has 1 saturated carbocycles. The lowest BCUT2D eigenvalue weighted by Crippen LogP contribution is -2.47. The van der Waals surface area contributed by atoms with Crippen LogP contribution in [0, 0.1) is 10.1 Å². The summed E-state index contributed by atoms with van der Waals surface area (Å²) in [6, 6.07) is 26.9. The second kappa shape index (κ2) is 9.05. The number of amides is 2. The van der Waals surface area contributed by atoms with Crippen molar-refractivity contribution < 1.29 is 14.5 Å². The van der Waals surface area contributed by atoms with E-state index < -0.39 is 4.92 Å². The van der Waals surface area contributed by atoms with Gasteiger partial charge < -0.3 is 9.47 Å². The monoisotopic (exact) mass is 492 g/mol. The SMILES string of the molecule is O=C(c1cccc([N+](=O)[O-])c1)N(CC(=O)N1c2ccccc2-n2cccc2C1c1ccccc1)C1CC1. The quantitative estimate of drug-likeness (QED) is 0.276. The van der Waals surface area contributed by atoms with Crippen molar-refractivity contribution in [3.05, 3.63) is 124 Å². The van der Waals surface area contributed by atoms with Crippen molar-refractivity contribution >= 4 is 23.2 Å². The molecule has 1 unspecified atom stereocenters. The molecule has 8 heteroatoms. The summed E-state index contributed by atoms with van der Waals surface area (Å²) in [4.78, 5) is 41.7. The van der Waals surface area contributed by atoms with Crippen molar-refractivity contribution in [1.29, 1.82) is 0 Å². The fraction of sp³-hybridized carbons (Fsp3) is 0.172. The Labute approximate surface area is 213 Å². The highest BCUT2D eigenvalue weighted by molar-refractivity contribution is 6.03. The van der Waals surface area contributed by atoms with Gasteiger partial charge in [-0.25, -0.2) is 0 Å². The average Bonchev–Trinajstić information content (AvgIpc) is 3.66. The van der Waals surface area contributed by atoms with Gasteiger partial charge in [0.2, 0.25) is 5.91 Å². The van der Waals surface area contributed by atoms with Gasteiger partial charge in [-0.3, -0.25) is 24.6 Å². The lowest BCUT2D eigenvalue weighted by molar-refractivity contribution is -0.384. The minimum absolute atomic E-state index is 0.0604. The van der Waals surface area contributed by atoms with Gasteiger partial charge in [0.1, 0.15) is 12.6 Å². The predicted molar refractivity (Wildman–Crippen MR) is 139 cm³/mol. The zero-order valence-electron chi connectivity index (χ0n) is 19.9. The summed E-state index contributed by atoms with van der Waals surface area (Å²) in [7, 11) is 0. The lowest BCUT2D eigenvalue weighted by Gasteiger charge is -2.39. The van der Waals surface area contributed by atoms with Gasteiger partial charge in [-0.2, -0.15) is 0 Å². The second-order valence-corrected chi connectivity index (χ2v) is 9.34. The van der Waals surface area contributed by atoms with Crippen LogP contribution >= 0.6 is 0 Å². The van der Waals surface area contributed by atoms with Crippen LogP contribution in [-0.4, -0.2) is 38.8 Å². The first-order valence-corrected chi connectivity index (χ1v) is 12.2. The van der Waals surface area contributed by atoms with E-state index in [1.54, 1.807) is 15.9 Å². The number of nitro groups is 1. The Morgan fingerprint density at radius 3 is 2.35 bits per heavy atom.